The van der Waals surface area contributed by atoms with Gasteiger partial charge in [-0.2, -0.15) is 0 Å². The molecule has 82 valence electrons. The van der Waals surface area contributed by atoms with E-state index in [1.54, 1.807) is 0 Å². The van der Waals surface area contributed by atoms with Gasteiger partial charge in [0.25, 0.3) is 0 Å². The molecule has 0 radical (unpaired) electrons. The van der Waals surface area contributed by atoms with Crippen molar-refractivity contribution in [3.05, 3.63) is 41.3 Å². The van der Waals surface area contributed by atoms with E-state index in [0.29, 0.717) is 0 Å². The van der Waals surface area contributed by atoms with E-state index in [1.807, 2.05) is 0 Å². The molecular formula is C14H20S. The third kappa shape index (κ3) is 2.66. The molecule has 0 saturated carbocycles. The predicted octanol–water partition coefficient (Wildman–Crippen LogP) is 4.27. The van der Waals surface area contributed by atoms with Crippen molar-refractivity contribution in [2.45, 2.75) is 25.0 Å². The van der Waals surface area contributed by atoms with Gasteiger partial charge in [-0.15, -0.1) is 0 Å². The van der Waals surface area contributed by atoms with Crippen LogP contribution >= 0.6 is 10.0 Å². The summed E-state index contributed by atoms with van der Waals surface area (Å²) in [5.41, 5.74) is 1.34. The van der Waals surface area contributed by atoms with Crippen LogP contribution in [0.25, 0.3) is 6.08 Å². The normalized spacial score (nSPS) is 33.9. The first-order valence-corrected chi connectivity index (χ1v) is 8.06. The van der Waals surface area contributed by atoms with E-state index in [-0.39, 0.29) is 10.0 Å². The molecule has 0 N–H and O–H groups in total. The third-order valence-corrected chi connectivity index (χ3v) is 6.55. The Morgan fingerprint density at radius 3 is 2.73 bits per heavy atom. The minimum absolute atomic E-state index is 0.356. The standard InChI is InChI=1S/C14H20S/c1-3-7-14-12-15(14,2)11-10-13-8-5-4-6-9-13/h4-6,8-11,14H,3,7,12H2,1-2H3. The summed E-state index contributed by atoms with van der Waals surface area (Å²) >= 11 is 0. The Kier molecular flexibility index (Phi) is 3.20. The molecule has 0 amide bonds. The van der Waals surface area contributed by atoms with Crippen LogP contribution in [0.15, 0.2) is 35.7 Å². The number of rotatable bonds is 4. The van der Waals surface area contributed by atoms with Gasteiger partial charge in [-0.1, -0.05) is 49.8 Å². The lowest BCUT2D eigenvalue weighted by molar-refractivity contribution is 0.829. The molecule has 1 saturated heterocycles. The molecule has 1 aliphatic heterocycles. The largest absolute Gasteiger partial charge is 0.219 e. The van der Waals surface area contributed by atoms with Gasteiger partial charge < -0.3 is 0 Å². The zero-order valence-corrected chi connectivity index (χ0v) is 10.5. The van der Waals surface area contributed by atoms with E-state index in [0.717, 1.165) is 5.25 Å². The van der Waals surface area contributed by atoms with Crippen LogP contribution in [0.4, 0.5) is 0 Å². The van der Waals surface area contributed by atoms with Crippen LogP contribution in [0, 0.1) is 0 Å². The summed E-state index contributed by atoms with van der Waals surface area (Å²) in [5.74, 6) is 1.46. The Hall–Kier alpha value is -0.690. The monoisotopic (exact) mass is 220 g/mol. The highest BCUT2D eigenvalue weighted by Crippen LogP contribution is 2.68. The van der Waals surface area contributed by atoms with Gasteiger partial charge in [-0.25, -0.2) is 10.0 Å². The van der Waals surface area contributed by atoms with Crippen LogP contribution in [-0.2, 0) is 0 Å². The van der Waals surface area contributed by atoms with Gasteiger partial charge in [-0.3, -0.25) is 0 Å². The van der Waals surface area contributed by atoms with Crippen LogP contribution in [-0.4, -0.2) is 17.3 Å². The highest BCUT2D eigenvalue weighted by Gasteiger charge is 2.41. The fraction of sp³-hybridized carbons (Fsp3) is 0.429. The molecule has 0 nitrogen and oxygen atoms in total. The number of hydrogen-bond donors (Lipinski definition) is 0. The van der Waals surface area contributed by atoms with Crippen molar-refractivity contribution in [3.63, 3.8) is 0 Å². The molecule has 2 atom stereocenters. The molecule has 1 heterocycles. The molecule has 2 unspecified atom stereocenters. The molecule has 2 rings (SSSR count). The molecule has 1 fully saturated rings. The van der Waals surface area contributed by atoms with Crippen molar-refractivity contribution in [2.75, 3.05) is 12.0 Å². The van der Waals surface area contributed by atoms with Crippen LogP contribution < -0.4 is 0 Å². The molecule has 1 aromatic rings. The molecule has 0 aromatic heterocycles. The summed E-state index contributed by atoms with van der Waals surface area (Å²) in [6.07, 6.45) is 7.54. The summed E-state index contributed by atoms with van der Waals surface area (Å²) in [4.78, 5) is 0. The summed E-state index contributed by atoms with van der Waals surface area (Å²) in [5, 5.41) is 3.50. The predicted molar refractivity (Wildman–Crippen MR) is 72.6 cm³/mol. The van der Waals surface area contributed by atoms with Gasteiger partial charge in [0, 0.05) is 0 Å². The van der Waals surface area contributed by atoms with Gasteiger partial charge in [0.1, 0.15) is 0 Å². The van der Waals surface area contributed by atoms with Crippen molar-refractivity contribution >= 4 is 16.1 Å². The van der Waals surface area contributed by atoms with Crippen molar-refractivity contribution in [2.24, 2.45) is 0 Å². The van der Waals surface area contributed by atoms with Crippen molar-refractivity contribution < 1.29 is 0 Å². The lowest BCUT2D eigenvalue weighted by Crippen LogP contribution is -1.83. The molecule has 15 heavy (non-hydrogen) atoms. The Morgan fingerprint density at radius 2 is 2.07 bits per heavy atom. The van der Waals surface area contributed by atoms with E-state index in [1.165, 1.54) is 24.2 Å². The number of benzene rings is 1. The van der Waals surface area contributed by atoms with Gasteiger partial charge in [0.15, 0.2) is 0 Å². The average Bonchev–Trinajstić information content (AvgIpc) is 2.90. The highest BCUT2D eigenvalue weighted by molar-refractivity contribution is 8.41. The Labute approximate surface area is 94.7 Å². The Morgan fingerprint density at radius 1 is 1.33 bits per heavy atom. The zero-order valence-electron chi connectivity index (χ0n) is 9.65. The van der Waals surface area contributed by atoms with Crippen LogP contribution in [0.3, 0.4) is 0 Å². The summed E-state index contributed by atoms with van der Waals surface area (Å²) in [6, 6.07) is 10.6. The van der Waals surface area contributed by atoms with Gasteiger partial charge in [-0.05, 0) is 34.7 Å². The third-order valence-electron chi connectivity index (χ3n) is 3.17. The van der Waals surface area contributed by atoms with Crippen molar-refractivity contribution in [1.29, 1.82) is 0 Å². The second kappa shape index (κ2) is 4.44. The lowest BCUT2D eigenvalue weighted by atomic mass is 10.2. The first kappa shape index (κ1) is 10.8. The van der Waals surface area contributed by atoms with Gasteiger partial charge in [0.2, 0.25) is 0 Å². The van der Waals surface area contributed by atoms with Crippen molar-refractivity contribution in [3.8, 4) is 0 Å². The van der Waals surface area contributed by atoms with E-state index >= 15 is 0 Å². The molecule has 0 aliphatic carbocycles. The minimum atomic E-state index is -0.356. The van der Waals surface area contributed by atoms with Gasteiger partial charge >= 0.3 is 0 Å². The molecule has 0 bridgehead atoms. The summed E-state index contributed by atoms with van der Waals surface area (Å²) in [7, 11) is -0.356. The summed E-state index contributed by atoms with van der Waals surface area (Å²) < 4.78 is 0. The maximum Gasteiger partial charge on any atom is -0.000159 e. The Balaban J connectivity index is 1.96. The molecule has 0 spiro atoms. The fourth-order valence-electron chi connectivity index (χ4n) is 2.00. The van der Waals surface area contributed by atoms with E-state index in [9.17, 15) is 0 Å². The smallest absolute Gasteiger partial charge is 0.000159 e. The topological polar surface area (TPSA) is 0 Å². The van der Waals surface area contributed by atoms with Gasteiger partial charge in [0.05, 0.1) is 0 Å². The lowest BCUT2D eigenvalue weighted by Gasteiger charge is -2.09. The maximum atomic E-state index is 2.49. The zero-order chi connectivity index (χ0) is 10.7. The first-order chi connectivity index (χ1) is 7.24. The highest BCUT2D eigenvalue weighted by atomic mass is 32.3. The quantitative estimate of drug-likeness (QED) is 0.665. The van der Waals surface area contributed by atoms with E-state index in [2.05, 4.69) is 55.0 Å². The van der Waals surface area contributed by atoms with E-state index < -0.39 is 0 Å². The SMILES string of the molecule is CCCC1CS1(C)C=Cc1ccccc1. The second-order valence-corrected chi connectivity index (χ2v) is 8.25. The maximum absolute atomic E-state index is 2.49. The molecule has 1 heteroatoms. The molecule has 1 aliphatic rings. The molecular weight excluding hydrogens is 200 g/mol. The minimum Gasteiger partial charge on any atom is -0.219 e. The van der Waals surface area contributed by atoms with Crippen LogP contribution in [0.1, 0.15) is 25.3 Å². The first-order valence-electron chi connectivity index (χ1n) is 5.72. The van der Waals surface area contributed by atoms with Crippen LogP contribution in [0.5, 0.6) is 0 Å². The molecule has 1 aromatic carbocycles. The van der Waals surface area contributed by atoms with Crippen LogP contribution in [0.2, 0.25) is 0 Å². The van der Waals surface area contributed by atoms with E-state index in [4.69, 9.17) is 0 Å². The average molecular weight is 220 g/mol. The number of hydrogen-bond acceptors (Lipinski definition) is 0. The van der Waals surface area contributed by atoms with Crippen molar-refractivity contribution in [1.82, 2.24) is 0 Å². The fourth-order valence-corrected chi connectivity index (χ4v) is 5.11. The summed E-state index contributed by atoms with van der Waals surface area (Å²) in [6.45, 7) is 2.29. The second-order valence-electron chi connectivity index (χ2n) is 4.52. The Bertz CT molecular complexity index is 342.